The van der Waals surface area contributed by atoms with Gasteiger partial charge in [0.05, 0.1) is 33.4 Å². The number of fused-ring (bicyclic) bond motifs is 1. The number of halogens is 1. The first-order valence-corrected chi connectivity index (χ1v) is 17.3. The predicted molar refractivity (Wildman–Crippen MR) is 193 cm³/mol. The molecule has 0 radical (unpaired) electrons. The molecule has 9 nitrogen and oxygen atoms in total. The first-order chi connectivity index (χ1) is 23.6. The lowest BCUT2D eigenvalue weighted by Gasteiger charge is -2.26. The summed E-state index contributed by atoms with van der Waals surface area (Å²) < 4.78 is 14.5. The van der Waals surface area contributed by atoms with Crippen LogP contribution in [-0.4, -0.2) is 22.1 Å². The van der Waals surface area contributed by atoms with Crippen LogP contribution in [0.4, 0.5) is 5.69 Å². The zero-order chi connectivity index (χ0) is 34.7. The van der Waals surface area contributed by atoms with E-state index in [4.69, 9.17) is 14.5 Å². The van der Waals surface area contributed by atoms with Gasteiger partial charge < -0.3 is 9.47 Å². The third kappa shape index (κ3) is 7.18. The summed E-state index contributed by atoms with van der Waals surface area (Å²) in [4.78, 5) is 44.2. The second-order valence-corrected chi connectivity index (χ2v) is 13.6. The second-order valence-electron chi connectivity index (χ2n) is 11.6. The van der Waals surface area contributed by atoms with Gasteiger partial charge in [0.1, 0.15) is 12.4 Å². The lowest BCUT2D eigenvalue weighted by molar-refractivity contribution is -0.384. The minimum atomic E-state index is -0.783. The van der Waals surface area contributed by atoms with Crippen molar-refractivity contribution in [2.75, 3.05) is 6.61 Å². The topological polar surface area (TPSA) is 113 Å². The van der Waals surface area contributed by atoms with Crippen LogP contribution in [0.1, 0.15) is 60.5 Å². The number of non-ortho nitro benzene ring substituents is 1. The fourth-order valence-electron chi connectivity index (χ4n) is 5.60. The molecule has 0 saturated heterocycles. The Hall–Kier alpha value is -5.13. The number of hydrogen-bond donors (Lipinski definition) is 0. The molecule has 0 spiro atoms. The minimum absolute atomic E-state index is 0.000777. The molecule has 2 heterocycles. The molecule has 0 saturated carbocycles. The SMILES string of the molecule is CCOC(=O)C1=C(c2ccccc2)N=c2s/c(=C\c3cc(Br)ccc3OCc3ccc([N+](=O)[O-])cc3)c(=O)n2[C@H]1c1ccc(C(C)C)cc1. The molecule has 0 aliphatic carbocycles. The largest absolute Gasteiger partial charge is 0.488 e. The van der Waals surface area contributed by atoms with Crippen molar-refractivity contribution in [2.45, 2.75) is 39.3 Å². The summed E-state index contributed by atoms with van der Waals surface area (Å²) in [5, 5.41) is 11.1. The van der Waals surface area contributed by atoms with Crippen molar-refractivity contribution in [2.24, 2.45) is 4.99 Å². The van der Waals surface area contributed by atoms with Crippen molar-refractivity contribution in [1.29, 1.82) is 0 Å². The van der Waals surface area contributed by atoms with Gasteiger partial charge in [0.25, 0.3) is 11.2 Å². The van der Waals surface area contributed by atoms with E-state index in [1.165, 1.54) is 23.5 Å². The molecular weight excluding hydrogens is 706 g/mol. The maximum absolute atomic E-state index is 14.4. The Balaban J connectivity index is 1.50. The van der Waals surface area contributed by atoms with Crippen LogP contribution in [0, 0.1) is 10.1 Å². The number of thiazole rings is 1. The highest BCUT2D eigenvalue weighted by Crippen LogP contribution is 2.36. The third-order valence-corrected chi connectivity index (χ3v) is 9.57. The molecule has 49 heavy (non-hydrogen) atoms. The van der Waals surface area contributed by atoms with Crippen molar-refractivity contribution in [3.63, 3.8) is 0 Å². The van der Waals surface area contributed by atoms with Crippen LogP contribution in [0.3, 0.4) is 0 Å². The van der Waals surface area contributed by atoms with Gasteiger partial charge in [0.2, 0.25) is 0 Å². The lowest BCUT2D eigenvalue weighted by atomic mass is 9.91. The number of benzene rings is 4. The van der Waals surface area contributed by atoms with E-state index >= 15 is 0 Å². The van der Waals surface area contributed by atoms with Crippen LogP contribution in [0.2, 0.25) is 0 Å². The number of esters is 1. The van der Waals surface area contributed by atoms with Gasteiger partial charge in [-0.25, -0.2) is 9.79 Å². The Bertz CT molecular complexity index is 2240. The molecule has 1 aromatic heterocycles. The maximum atomic E-state index is 14.4. The van der Waals surface area contributed by atoms with Gasteiger partial charge in [0, 0.05) is 27.7 Å². The molecule has 0 amide bonds. The number of aromatic nitrogens is 1. The first-order valence-electron chi connectivity index (χ1n) is 15.7. The monoisotopic (exact) mass is 737 g/mol. The smallest absolute Gasteiger partial charge is 0.338 e. The van der Waals surface area contributed by atoms with Gasteiger partial charge in [-0.2, -0.15) is 0 Å². The summed E-state index contributed by atoms with van der Waals surface area (Å²) in [5.41, 5.74) is 4.47. The predicted octanol–water partition coefficient (Wildman–Crippen LogP) is 7.31. The molecule has 1 aliphatic rings. The molecule has 4 aromatic carbocycles. The Kier molecular flexibility index (Phi) is 10.0. The molecule has 0 N–H and O–H groups in total. The molecule has 5 aromatic rings. The first kappa shape index (κ1) is 33.8. The summed E-state index contributed by atoms with van der Waals surface area (Å²) in [6.07, 6.45) is 1.76. The van der Waals surface area contributed by atoms with E-state index in [0.717, 1.165) is 26.7 Å². The molecule has 0 bridgehead atoms. The number of nitrogens with zero attached hydrogens (tertiary/aromatic N) is 3. The van der Waals surface area contributed by atoms with Crippen molar-refractivity contribution >= 4 is 50.7 Å². The van der Waals surface area contributed by atoms with Crippen LogP contribution in [0.5, 0.6) is 5.75 Å². The number of nitro groups is 1. The fourth-order valence-corrected chi connectivity index (χ4v) is 6.97. The molecule has 1 atom stereocenters. The second kappa shape index (κ2) is 14.6. The van der Waals surface area contributed by atoms with Crippen molar-refractivity contribution in [3.05, 3.63) is 165 Å². The zero-order valence-corrected chi connectivity index (χ0v) is 29.4. The quantitative estimate of drug-likeness (QED) is 0.0844. The van der Waals surface area contributed by atoms with E-state index in [-0.39, 0.29) is 24.5 Å². The Morgan fingerprint density at radius 1 is 1.04 bits per heavy atom. The average Bonchev–Trinajstić information content (AvgIpc) is 3.41. The standard InChI is InChI=1S/C38H32BrN3O6S/c1-4-47-37(44)33-34(26-8-6-5-7-9-26)40-38-41(35(33)27-14-12-25(13-15-27)23(2)3)36(43)32(49-38)21-28-20-29(39)16-19-31(28)48-22-24-10-17-30(18-11-24)42(45)46/h5-21,23,35H,4,22H2,1-3H3/b32-21-/t35-/m0/s1. The summed E-state index contributed by atoms with van der Waals surface area (Å²) in [5.74, 6) is 0.287. The van der Waals surface area contributed by atoms with E-state index in [1.807, 2.05) is 66.7 Å². The average molecular weight is 739 g/mol. The highest BCUT2D eigenvalue weighted by Gasteiger charge is 2.35. The molecule has 6 rings (SSSR count). The summed E-state index contributed by atoms with van der Waals surface area (Å²) in [6.45, 7) is 6.31. The van der Waals surface area contributed by atoms with Crippen molar-refractivity contribution in [3.8, 4) is 5.75 Å². The normalized spacial score (nSPS) is 14.4. The van der Waals surface area contributed by atoms with Gasteiger partial charge in [0.15, 0.2) is 4.80 Å². The van der Waals surface area contributed by atoms with Gasteiger partial charge in [-0.05, 0) is 65.9 Å². The van der Waals surface area contributed by atoms with Crippen molar-refractivity contribution < 1.29 is 19.2 Å². The van der Waals surface area contributed by atoms with Gasteiger partial charge in [-0.3, -0.25) is 19.5 Å². The maximum Gasteiger partial charge on any atom is 0.338 e. The Morgan fingerprint density at radius 2 is 1.76 bits per heavy atom. The summed E-state index contributed by atoms with van der Waals surface area (Å²) in [6, 6.07) is 28.3. The fraction of sp³-hybridized carbons (Fsp3) is 0.184. The van der Waals surface area contributed by atoms with E-state index in [1.54, 1.807) is 35.8 Å². The lowest BCUT2D eigenvalue weighted by Crippen LogP contribution is -2.40. The third-order valence-electron chi connectivity index (χ3n) is 8.09. The van der Waals surface area contributed by atoms with Crippen LogP contribution >= 0.6 is 27.3 Å². The number of nitro benzene ring substituents is 1. The van der Waals surface area contributed by atoms with Gasteiger partial charge >= 0.3 is 5.97 Å². The van der Waals surface area contributed by atoms with E-state index in [2.05, 4.69) is 29.8 Å². The molecule has 248 valence electrons. The Labute approximate surface area is 294 Å². The molecule has 0 fully saturated rings. The number of hydrogen-bond acceptors (Lipinski definition) is 8. The van der Waals surface area contributed by atoms with Crippen LogP contribution in [0.25, 0.3) is 11.8 Å². The number of carbonyl (C=O) groups is 1. The van der Waals surface area contributed by atoms with Gasteiger partial charge in [-0.15, -0.1) is 0 Å². The minimum Gasteiger partial charge on any atom is -0.488 e. The van der Waals surface area contributed by atoms with Crippen LogP contribution in [-0.2, 0) is 16.1 Å². The number of ether oxygens (including phenoxy) is 2. The van der Waals surface area contributed by atoms with Gasteiger partial charge in [-0.1, -0.05) is 95.7 Å². The highest BCUT2D eigenvalue weighted by molar-refractivity contribution is 9.10. The Morgan fingerprint density at radius 3 is 2.41 bits per heavy atom. The van der Waals surface area contributed by atoms with Crippen LogP contribution < -0.4 is 19.6 Å². The van der Waals surface area contributed by atoms with Crippen molar-refractivity contribution in [1.82, 2.24) is 4.57 Å². The van der Waals surface area contributed by atoms with E-state index in [9.17, 15) is 19.7 Å². The molecule has 1 aliphatic heterocycles. The summed E-state index contributed by atoms with van der Waals surface area (Å²) in [7, 11) is 0. The summed E-state index contributed by atoms with van der Waals surface area (Å²) >= 11 is 4.76. The number of carbonyl (C=O) groups excluding carboxylic acids is 1. The van der Waals surface area contributed by atoms with Crippen LogP contribution in [0.15, 0.2) is 117 Å². The zero-order valence-electron chi connectivity index (χ0n) is 27.0. The molecule has 0 unspecified atom stereocenters. The highest BCUT2D eigenvalue weighted by atomic mass is 79.9. The van der Waals surface area contributed by atoms with E-state index < -0.39 is 16.9 Å². The molecular formula is C38H32BrN3O6S. The van der Waals surface area contributed by atoms with E-state index in [0.29, 0.717) is 37.8 Å². The number of rotatable bonds is 10. The molecule has 11 heteroatoms.